The smallest absolute Gasteiger partial charge is 0.271 e. The lowest BCUT2D eigenvalue weighted by molar-refractivity contribution is -0.384. The first kappa shape index (κ1) is 19.6. The van der Waals surface area contributed by atoms with Crippen LogP contribution in [0, 0.1) is 15.9 Å². The van der Waals surface area contributed by atoms with E-state index >= 15 is 0 Å². The van der Waals surface area contributed by atoms with Crippen molar-refractivity contribution in [3.63, 3.8) is 0 Å². The number of rotatable bonds is 5. The molecule has 0 aliphatic carbocycles. The fraction of sp³-hybridized carbons (Fsp3) is 0.300. The summed E-state index contributed by atoms with van der Waals surface area (Å²) in [4.78, 5) is 38.3. The lowest BCUT2D eigenvalue weighted by atomic mass is 10.2. The first-order chi connectivity index (χ1) is 14.4. The Morgan fingerprint density at radius 1 is 1.17 bits per heavy atom. The highest BCUT2D eigenvalue weighted by atomic mass is 19.1. The monoisotopic (exact) mass is 414 g/mol. The minimum atomic E-state index is -0.595. The summed E-state index contributed by atoms with van der Waals surface area (Å²) in [6, 6.07) is 8.30. The highest BCUT2D eigenvalue weighted by molar-refractivity contribution is 6.05. The molecule has 156 valence electrons. The number of hydrogen-bond donors (Lipinski definition) is 1. The van der Waals surface area contributed by atoms with Gasteiger partial charge in [0.05, 0.1) is 16.3 Å². The minimum absolute atomic E-state index is 0.145. The maximum Gasteiger partial charge on any atom is 0.271 e. The largest absolute Gasteiger partial charge is 0.482 e. The number of benzene rings is 2. The molecule has 0 spiro atoms. The molecular weight excluding hydrogens is 395 g/mol. The van der Waals surface area contributed by atoms with E-state index in [1.165, 1.54) is 24.3 Å². The van der Waals surface area contributed by atoms with Gasteiger partial charge in [0, 0.05) is 30.9 Å². The van der Waals surface area contributed by atoms with Gasteiger partial charge in [0.1, 0.15) is 18.1 Å². The number of fused-ring (bicyclic) bond motifs is 1. The van der Waals surface area contributed by atoms with Crippen molar-refractivity contribution in [1.29, 1.82) is 0 Å². The lowest BCUT2D eigenvalue weighted by Crippen LogP contribution is -2.43. The Kier molecular flexibility index (Phi) is 5.21. The highest BCUT2D eigenvalue weighted by Gasteiger charge is 2.29. The molecule has 30 heavy (non-hydrogen) atoms. The quantitative estimate of drug-likeness (QED) is 0.596. The zero-order valence-corrected chi connectivity index (χ0v) is 16.0. The SMILES string of the molecule is O=C(CN1C(=O)COc2ccc([N+](=O)[O-])cc21)Nc1ccc(N2CCCC2)c(F)c1. The van der Waals surface area contributed by atoms with Gasteiger partial charge in [-0.1, -0.05) is 0 Å². The Labute approximate surface area is 171 Å². The van der Waals surface area contributed by atoms with Crippen molar-refractivity contribution in [2.24, 2.45) is 0 Å². The van der Waals surface area contributed by atoms with E-state index in [1.54, 1.807) is 12.1 Å². The number of ether oxygens (including phenoxy) is 1. The highest BCUT2D eigenvalue weighted by Crippen LogP contribution is 2.35. The van der Waals surface area contributed by atoms with Crippen molar-refractivity contribution in [3.8, 4) is 5.75 Å². The number of halogens is 1. The molecule has 9 nitrogen and oxygen atoms in total. The first-order valence-corrected chi connectivity index (χ1v) is 9.48. The van der Waals surface area contributed by atoms with Crippen LogP contribution in [-0.2, 0) is 9.59 Å². The number of nitrogens with zero attached hydrogens (tertiary/aromatic N) is 3. The molecule has 0 aromatic heterocycles. The van der Waals surface area contributed by atoms with Gasteiger partial charge >= 0.3 is 0 Å². The normalized spacial score (nSPS) is 15.6. The summed E-state index contributed by atoms with van der Waals surface area (Å²) >= 11 is 0. The van der Waals surface area contributed by atoms with Gasteiger partial charge < -0.3 is 15.0 Å². The first-order valence-electron chi connectivity index (χ1n) is 9.48. The molecule has 1 N–H and O–H groups in total. The lowest BCUT2D eigenvalue weighted by Gasteiger charge is -2.28. The summed E-state index contributed by atoms with van der Waals surface area (Å²) in [7, 11) is 0. The van der Waals surface area contributed by atoms with Crippen LogP contribution in [0.3, 0.4) is 0 Å². The molecule has 0 unspecified atom stereocenters. The summed E-state index contributed by atoms with van der Waals surface area (Å²) in [5.41, 5.74) is 0.679. The van der Waals surface area contributed by atoms with E-state index in [2.05, 4.69) is 5.32 Å². The third kappa shape index (κ3) is 3.88. The van der Waals surface area contributed by atoms with Crippen LogP contribution in [0.2, 0.25) is 0 Å². The number of nitro benzene ring substituents is 1. The average Bonchev–Trinajstić information content (AvgIpc) is 3.24. The number of carbonyl (C=O) groups excluding carboxylic acids is 2. The molecule has 0 bridgehead atoms. The van der Waals surface area contributed by atoms with E-state index in [-0.39, 0.29) is 36.0 Å². The topological polar surface area (TPSA) is 105 Å². The Hall–Kier alpha value is -3.69. The number of hydrogen-bond acceptors (Lipinski definition) is 6. The van der Waals surface area contributed by atoms with Gasteiger partial charge in [-0.2, -0.15) is 0 Å². The van der Waals surface area contributed by atoms with Crippen molar-refractivity contribution in [1.82, 2.24) is 0 Å². The van der Waals surface area contributed by atoms with Crippen molar-refractivity contribution < 1.29 is 23.6 Å². The zero-order chi connectivity index (χ0) is 21.3. The second kappa shape index (κ2) is 7.97. The fourth-order valence-electron chi connectivity index (χ4n) is 3.62. The summed E-state index contributed by atoms with van der Waals surface area (Å²) in [6.07, 6.45) is 2.04. The number of nitrogens with one attached hydrogen (secondary N) is 1. The van der Waals surface area contributed by atoms with Gasteiger partial charge in [-0.25, -0.2) is 4.39 Å². The molecule has 0 saturated carbocycles. The van der Waals surface area contributed by atoms with E-state index in [0.717, 1.165) is 30.8 Å². The molecular formula is C20H19FN4O5. The van der Waals surface area contributed by atoms with Gasteiger partial charge in [-0.3, -0.25) is 24.6 Å². The Bertz CT molecular complexity index is 1020. The van der Waals surface area contributed by atoms with Crippen LogP contribution in [0.5, 0.6) is 5.75 Å². The van der Waals surface area contributed by atoms with E-state index in [9.17, 15) is 24.1 Å². The zero-order valence-electron chi connectivity index (χ0n) is 16.0. The second-order valence-electron chi connectivity index (χ2n) is 7.09. The molecule has 2 aromatic carbocycles. The standard InChI is InChI=1S/C20H19FN4O5/c21-15-9-13(3-5-16(15)23-7-1-2-8-23)22-19(26)11-24-17-10-14(25(28)29)4-6-18(17)30-12-20(24)27/h3-6,9-10H,1-2,7-8,11-12H2,(H,22,26). The Morgan fingerprint density at radius 2 is 1.93 bits per heavy atom. The van der Waals surface area contributed by atoms with E-state index in [0.29, 0.717) is 5.69 Å². The number of non-ortho nitro benzene ring substituents is 1. The molecule has 0 radical (unpaired) electrons. The van der Waals surface area contributed by atoms with Gasteiger partial charge in [0.2, 0.25) is 5.91 Å². The van der Waals surface area contributed by atoms with Gasteiger partial charge in [0.15, 0.2) is 6.61 Å². The predicted molar refractivity (Wildman–Crippen MR) is 107 cm³/mol. The summed E-state index contributed by atoms with van der Waals surface area (Å²) < 4.78 is 19.7. The Balaban J connectivity index is 1.49. The fourth-order valence-corrected chi connectivity index (χ4v) is 3.62. The molecule has 2 amide bonds. The summed E-state index contributed by atoms with van der Waals surface area (Å²) in [5.74, 6) is -1.23. The average molecular weight is 414 g/mol. The third-order valence-corrected chi connectivity index (χ3v) is 5.08. The van der Waals surface area contributed by atoms with Crippen LogP contribution >= 0.6 is 0 Å². The molecule has 2 heterocycles. The second-order valence-corrected chi connectivity index (χ2v) is 7.09. The van der Waals surface area contributed by atoms with Crippen LogP contribution in [-0.4, -0.2) is 43.0 Å². The molecule has 2 aromatic rings. The molecule has 4 rings (SSSR count). The van der Waals surface area contributed by atoms with E-state index in [1.807, 2.05) is 4.90 Å². The van der Waals surface area contributed by atoms with Crippen molar-refractivity contribution >= 4 is 34.6 Å². The molecule has 1 saturated heterocycles. The molecule has 1 fully saturated rings. The summed E-state index contributed by atoms with van der Waals surface area (Å²) in [5, 5.41) is 13.6. The van der Waals surface area contributed by atoms with Gasteiger partial charge in [-0.15, -0.1) is 0 Å². The van der Waals surface area contributed by atoms with E-state index < -0.39 is 22.6 Å². The van der Waals surface area contributed by atoms with Gasteiger partial charge in [0.25, 0.3) is 11.6 Å². The van der Waals surface area contributed by atoms with E-state index in [4.69, 9.17) is 4.74 Å². The third-order valence-electron chi connectivity index (χ3n) is 5.08. The predicted octanol–water partition coefficient (Wildman–Crippen LogP) is 2.70. The number of amides is 2. The van der Waals surface area contributed by atoms with Crippen LogP contribution in [0.1, 0.15) is 12.8 Å². The van der Waals surface area contributed by atoms with Gasteiger partial charge in [-0.05, 0) is 37.1 Å². The van der Waals surface area contributed by atoms with Crippen LogP contribution in [0.25, 0.3) is 0 Å². The van der Waals surface area contributed by atoms with Crippen molar-refractivity contribution in [2.45, 2.75) is 12.8 Å². The maximum absolute atomic E-state index is 14.5. The van der Waals surface area contributed by atoms with Crippen LogP contribution in [0.15, 0.2) is 36.4 Å². The van der Waals surface area contributed by atoms with Crippen molar-refractivity contribution in [3.05, 3.63) is 52.3 Å². The summed E-state index contributed by atoms with van der Waals surface area (Å²) in [6.45, 7) is 0.934. The van der Waals surface area contributed by atoms with Crippen LogP contribution in [0.4, 0.5) is 27.1 Å². The number of anilines is 3. The molecule has 2 aliphatic heterocycles. The molecule has 2 aliphatic rings. The van der Waals surface area contributed by atoms with Crippen LogP contribution < -0.4 is 19.9 Å². The Morgan fingerprint density at radius 3 is 2.63 bits per heavy atom. The number of nitro groups is 1. The van der Waals surface area contributed by atoms with Crippen molar-refractivity contribution in [2.75, 3.05) is 41.4 Å². The molecule has 10 heteroatoms. The maximum atomic E-state index is 14.5. The minimum Gasteiger partial charge on any atom is -0.482 e. The number of carbonyl (C=O) groups is 2. The molecule has 0 atom stereocenters.